The fourth-order valence-electron chi connectivity index (χ4n) is 6.49. The Bertz CT molecular complexity index is 602. The molecule has 158 valence electrons. The molecule has 0 bridgehead atoms. The third kappa shape index (κ3) is 5.22. The van der Waals surface area contributed by atoms with Crippen LogP contribution in [0.3, 0.4) is 0 Å². The molecule has 0 saturated heterocycles. The van der Waals surface area contributed by atoms with Gasteiger partial charge in [0.05, 0.1) is 0 Å². The summed E-state index contributed by atoms with van der Waals surface area (Å²) < 4.78 is 0. The van der Waals surface area contributed by atoms with Crippen molar-refractivity contribution in [1.82, 2.24) is 0 Å². The summed E-state index contributed by atoms with van der Waals surface area (Å²) in [6, 6.07) is 0. The second-order valence-corrected chi connectivity index (χ2v) is 11.1. The summed E-state index contributed by atoms with van der Waals surface area (Å²) in [5, 5.41) is 0. The summed E-state index contributed by atoms with van der Waals surface area (Å²) in [6.45, 7) is 14.6. The van der Waals surface area contributed by atoms with E-state index in [1.54, 1.807) is 16.7 Å². The van der Waals surface area contributed by atoms with Gasteiger partial charge >= 0.3 is 0 Å². The number of hydrogen-bond acceptors (Lipinski definition) is 0. The molecule has 0 radical (unpaired) electrons. The SMILES string of the molecule is CC1=C(/C=C/C2=CC[C@@H](C)[C@@H]3[C@@H]([C@H](C)CCCC(C)C)CC[C@@H]23)C[C@@H](C)CC1. The molecular formula is C28H46. The Kier molecular flexibility index (Phi) is 7.68. The van der Waals surface area contributed by atoms with E-state index in [0.717, 1.165) is 41.4 Å². The molecule has 0 aliphatic heterocycles. The lowest BCUT2D eigenvalue weighted by Crippen LogP contribution is -2.29. The molecule has 0 amide bonds. The van der Waals surface area contributed by atoms with Gasteiger partial charge in [0.15, 0.2) is 0 Å². The van der Waals surface area contributed by atoms with Gasteiger partial charge < -0.3 is 0 Å². The van der Waals surface area contributed by atoms with Crippen molar-refractivity contribution in [2.45, 2.75) is 99.3 Å². The molecule has 0 heterocycles. The summed E-state index contributed by atoms with van der Waals surface area (Å²) in [5.41, 5.74) is 4.95. The standard InChI is InChI=1S/C28H46/c1-19(2)8-7-9-22(5)26-16-17-27-24(13-12-23(6)28(26)27)14-15-25-18-20(3)10-11-21(25)4/h13-15,19-20,22-23,26-28H,7-12,16-18H2,1-6H3/b15-14+/t20-,22+,23+,26+,27-,28+/m0/s1. The summed E-state index contributed by atoms with van der Waals surface area (Å²) in [7, 11) is 0. The second-order valence-electron chi connectivity index (χ2n) is 11.1. The van der Waals surface area contributed by atoms with Crippen molar-refractivity contribution in [2.75, 3.05) is 0 Å². The quantitative estimate of drug-likeness (QED) is 0.413. The highest BCUT2D eigenvalue weighted by Gasteiger charge is 2.43. The summed E-state index contributed by atoms with van der Waals surface area (Å²) in [6.07, 6.45) is 20.1. The topological polar surface area (TPSA) is 0 Å². The van der Waals surface area contributed by atoms with Gasteiger partial charge in [-0.05, 0) is 98.0 Å². The molecule has 0 unspecified atom stereocenters. The number of allylic oxidation sites excluding steroid dienone is 6. The van der Waals surface area contributed by atoms with E-state index in [-0.39, 0.29) is 0 Å². The monoisotopic (exact) mass is 382 g/mol. The van der Waals surface area contributed by atoms with Crippen molar-refractivity contribution in [3.63, 3.8) is 0 Å². The molecule has 3 rings (SSSR count). The highest BCUT2D eigenvalue weighted by Crippen LogP contribution is 2.52. The molecule has 28 heavy (non-hydrogen) atoms. The molecule has 3 aliphatic rings. The summed E-state index contributed by atoms with van der Waals surface area (Å²) in [5.74, 6) is 6.22. The van der Waals surface area contributed by atoms with Crippen LogP contribution >= 0.6 is 0 Å². The number of rotatable bonds is 7. The average molecular weight is 383 g/mol. The Morgan fingerprint density at radius 3 is 2.57 bits per heavy atom. The largest absolute Gasteiger partial charge is 0.0807 e. The smallest absolute Gasteiger partial charge is 0.0131 e. The van der Waals surface area contributed by atoms with E-state index >= 15 is 0 Å². The maximum Gasteiger partial charge on any atom is -0.0131 e. The zero-order valence-corrected chi connectivity index (χ0v) is 19.6. The first kappa shape index (κ1) is 21.9. The maximum absolute atomic E-state index is 2.59. The minimum atomic E-state index is 0.833. The molecule has 3 aliphatic carbocycles. The summed E-state index contributed by atoms with van der Waals surface area (Å²) in [4.78, 5) is 0. The van der Waals surface area contributed by atoms with Crippen LogP contribution in [0.1, 0.15) is 99.3 Å². The molecular weight excluding hydrogens is 336 g/mol. The minimum Gasteiger partial charge on any atom is -0.0807 e. The molecule has 0 nitrogen and oxygen atoms in total. The highest BCUT2D eigenvalue weighted by molar-refractivity contribution is 5.35. The average Bonchev–Trinajstić information content (AvgIpc) is 3.09. The molecule has 1 saturated carbocycles. The lowest BCUT2D eigenvalue weighted by molar-refractivity contribution is 0.169. The molecule has 1 fully saturated rings. The lowest BCUT2D eigenvalue weighted by atomic mass is 9.68. The zero-order chi connectivity index (χ0) is 20.3. The molecule has 0 aromatic heterocycles. The van der Waals surface area contributed by atoms with Crippen LogP contribution in [-0.4, -0.2) is 0 Å². The predicted octanol–water partition coefficient (Wildman–Crippen LogP) is 8.75. The molecule has 0 heteroatoms. The fourth-order valence-corrected chi connectivity index (χ4v) is 6.49. The van der Waals surface area contributed by atoms with Crippen molar-refractivity contribution in [3.05, 3.63) is 34.9 Å². The zero-order valence-electron chi connectivity index (χ0n) is 19.6. The Morgan fingerprint density at radius 1 is 1.04 bits per heavy atom. The summed E-state index contributed by atoms with van der Waals surface area (Å²) >= 11 is 0. The van der Waals surface area contributed by atoms with Gasteiger partial charge in [-0.3, -0.25) is 0 Å². The molecule has 6 atom stereocenters. The van der Waals surface area contributed by atoms with E-state index in [9.17, 15) is 0 Å². The third-order valence-corrected chi connectivity index (χ3v) is 8.36. The first-order valence-corrected chi connectivity index (χ1v) is 12.4. The van der Waals surface area contributed by atoms with Gasteiger partial charge in [0.2, 0.25) is 0 Å². The number of fused-ring (bicyclic) bond motifs is 1. The highest BCUT2D eigenvalue weighted by atomic mass is 14.5. The van der Waals surface area contributed by atoms with Gasteiger partial charge in [-0.2, -0.15) is 0 Å². The van der Waals surface area contributed by atoms with Gasteiger partial charge in [0, 0.05) is 0 Å². The van der Waals surface area contributed by atoms with E-state index in [2.05, 4.69) is 59.8 Å². The van der Waals surface area contributed by atoms with Gasteiger partial charge in [-0.1, -0.05) is 77.7 Å². The van der Waals surface area contributed by atoms with Crippen LogP contribution in [0, 0.1) is 41.4 Å². The second kappa shape index (κ2) is 9.82. The Balaban J connectivity index is 1.66. The van der Waals surface area contributed by atoms with Crippen LogP contribution < -0.4 is 0 Å². The Morgan fingerprint density at radius 2 is 1.82 bits per heavy atom. The van der Waals surface area contributed by atoms with E-state index < -0.39 is 0 Å². The maximum atomic E-state index is 2.59. The third-order valence-electron chi connectivity index (χ3n) is 8.36. The van der Waals surface area contributed by atoms with Gasteiger partial charge in [-0.15, -0.1) is 0 Å². The first-order valence-electron chi connectivity index (χ1n) is 12.4. The van der Waals surface area contributed by atoms with Crippen LogP contribution in [-0.2, 0) is 0 Å². The number of hydrogen-bond donors (Lipinski definition) is 0. The molecule has 0 N–H and O–H groups in total. The van der Waals surface area contributed by atoms with Crippen molar-refractivity contribution in [3.8, 4) is 0 Å². The first-order chi connectivity index (χ1) is 13.4. The van der Waals surface area contributed by atoms with Crippen LogP contribution in [0.15, 0.2) is 34.9 Å². The fraction of sp³-hybridized carbons (Fsp3) is 0.786. The van der Waals surface area contributed by atoms with Crippen molar-refractivity contribution < 1.29 is 0 Å². The molecule has 0 aromatic rings. The minimum absolute atomic E-state index is 0.833. The van der Waals surface area contributed by atoms with Crippen LogP contribution in [0.5, 0.6) is 0 Å². The van der Waals surface area contributed by atoms with E-state index in [1.165, 1.54) is 57.8 Å². The van der Waals surface area contributed by atoms with E-state index in [4.69, 9.17) is 0 Å². The van der Waals surface area contributed by atoms with E-state index in [1.807, 2.05) is 0 Å². The molecule has 0 spiro atoms. The normalized spacial score (nSPS) is 34.8. The van der Waals surface area contributed by atoms with Gasteiger partial charge in [0.25, 0.3) is 0 Å². The van der Waals surface area contributed by atoms with Crippen molar-refractivity contribution in [2.24, 2.45) is 41.4 Å². The van der Waals surface area contributed by atoms with Crippen LogP contribution in [0.4, 0.5) is 0 Å². The van der Waals surface area contributed by atoms with Crippen LogP contribution in [0.2, 0.25) is 0 Å². The van der Waals surface area contributed by atoms with Gasteiger partial charge in [0.1, 0.15) is 0 Å². The Labute approximate surface area is 176 Å². The van der Waals surface area contributed by atoms with Gasteiger partial charge in [-0.25, -0.2) is 0 Å². The predicted molar refractivity (Wildman–Crippen MR) is 124 cm³/mol. The Hall–Kier alpha value is -0.780. The van der Waals surface area contributed by atoms with Crippen molar-refractivity contribution >= 4 is 0 Å². The lowest BCUT2D eigenvalue weighted by Gasteiger charge is -2.37. The van der Waals surface area contributed by atoms with E-state index in [0.29, 0.717) is 0 Å². The van der Waals surface area contributed by atoms with Crippen LogP contribution in [0.25, 0.3) is 0 Å². The molecule has 0 aromatic carbocycles. The van der Waals surface area contributed by atoms with Crippen molar-refractivity contribution in [1.29, 1.82) is 0 Å².